The van der Waals surface area contributed by atoms with Gasteiger partial charge in [-0.05, 0) is 67.9 Å². The van der Waals surface area contributed by atoms with Gasteiger partial charge in [0.1, 0.15) is 17.2 Å². The molecule has 6 heteroatoms. The number of aliphatic hydroxyl groups is 1. The van der Waals surface area contributed by atoms with Gasteiger partial charge in [-0.3, -0.25) is 9.59 Å². The zero-order chi connectivity index (χ0) is 18.3. The number of rotatable bonds is 8. The molecule has 0 aliphatic carbocycles. The van der Waals surface area contributed by atoms with Gasteiger partial charge in [-0.15, -0.1) is 0 Å². The van der Waals surface area contributed by atoms with Crippen LogP contribution in [0.5, 0.6) is 0 Å². The number of esters is 2. The van der Waals surface area contributed by atoms with Crippen LogP contribution < -0.4 is 5.32 Å². The van der Waals surface area contributed by atoms with E-state index in [9.17, 15) is 9.59 Å². The van der Waals surface area contributed by atoms with E-state index in [0.717, 1.165) is 0 Å². The zero-order valence-electron chi connectivity index (χ0n) is 15.6. The molecule has 0 spiro atoms. The van der Waals surface area contributed by atoms with Crippen molar-refractivity contribution in [3.63, 3.8) is 0 Å². The number of hydrogen-bond donors (Lipinski definition) is 2. The van der Waals surface area contributed by atoms with E-state index in [1.54, 1.807) is 48.6 Å². The molecule has 0 aromatic carbocycles. The molecule has 136 valence electrons. The molecule has 0 heterocycles. The second-order valence-corrected chi connectivity index (χ2v) is 7.71. The van der Waals surface area contributed by atoms with Crippen molar-refractivity contribution in [1.82, 2.24) is 5.32 Å². The van der Waals surface area contributed by atoms with Gasteiger partial charge in [0.05, 0.1) is 5.92 Å². The van der Waals surface area contributed by atoms with Crippen LogP contribution in [0.3, 0.4) is 0 Å². The smallest absolute Gasteiger partial charge is 0.323 e. The average molecular weight is 331 g/mol. The standard InChI is InChI=1S/C17H33NO5/c1-16(2,3)22-14(20)12(9-8-10-19)11-13(18-7)15(21)23-17(4,5)6/h12-13,18-19H,8-11H2,1-7H3/t12?,13-/m0/s1. The molecule has 0 aromatic heterocycles. The number of carbonyl (C=O) groups is 2. The fourth-order valence-electron chi connectivity index (χ4n) is 2.04. The Labute approximate surface area is 139 Å². The Morgan fingerprint density at radius 3 is 1.87 bits per heavy atom. The summed E-state index contributed by atoms with van der Waals surface area (Å²) in [5.74, 6) is -1.21. The molecular weight excluding hydrogens is 298 g/mol. The molecule has 1 unspecified atom stereocenters. The highest BCUT2D eigenvalue weighted by molar-refractivity contribution is 5.78. The Morgan fingerprint density at radius 2 is 1.48 bits per heavy atom. The highest BCUT2D eigenvalue weighted by Crippen LogP contribution is 2.21. The molecule has 0 radical (unpaired) electrons. The topological polar surface area (TPSA) is 84.9 Å². The Bertz CT molecular complexity index is 381. The largest absolute Gasteiger partial charge is 0.460 e. The van der Waals surface area contributed by atoms with E-state index >= 15 is 0 Å². The first kappa shape index (κ1) is 21.9. The van der Waals surface area contributed by atoms with E-state index in [0.29, 0.717) is 12.8 Å². The molecule has 0 rings (SSSR count). The van der Waals surface area contributed by atoms with Gasteiger partial charge in [0, 0.05) is 6.61 Å². The second-order valence-electron chi connectivity index (χ2n) is 7.71. The van der Waals surface area contributed by atoms with Crippen LogP contribution in [0, 0.1) is 5.92 Å². The molecule has 0 saturated heterocycles. The zero-order valence-corrected chi connectivity index (χ0v) is 15.6. The summed E-state index contributed by atoms with van der Waals surface area (Å²) in [6, 6.07) is -0.592. The minimum absolute atomic E-state index is 0.00401. The van der Waals surface area contributed by atoms with Crippen molar-refractivity contribution in [2.45, 2.75) is 78.0 Å². The third-order valence-electron chi connectivity index (χ3n) is 3.01. The number of aliphatic hydroxyl groups excluding tert-OH is 1. The van der Waals surface area contributed by atoms with Crippen LogP contribution >= 0.6 is 0 Å². The summed E-state index contributed by atoms with van der Waals surface area (Å²) in [6.07, 6.45) is 1.22. The lowest BCUT2D eigenvalue weighted by atomic mass is 9.94. The fraction of sp³-hybridized carbons (Fsp3) is 0.882. The van der Waals surface area contributed by atoms with E-state index in [1.807, 2.05) is 0 Å². The van der Waals surface area contributed by atoms with Crippen LogP contribution in [0.25, 0.3) is 0 Å². The summed E-state index contributed by atoms with van der Waals surface area (Å²) in [5, 5.41) is 11.9. The van der Waals surface area contributed by atoms with Crippen molar-refractivity contribution in [1.29, 1.82) is 0 Å². The van der Waals surface area contributed by atoms with E-state index in [1.165, 1.54) is 0 Å². The van der Waals surface area contributed by atoms with Crippen LogP contribution in [0.15, 0.2) is 0 Å². The molecule has 0 aliphatic heterocycles. The highest BCUT2D eigenvalue weighted by Gasteiger charge is 2.31. The van der Waals surface area contributed by atoms with Gasteiger partial charge < -0.3 is 19.9 Å². The molecular formula is C17H33NO5. The molecule has 2 N–H and O–H groups in total. The monoisotopic (exact) mass is 331 g/mol. The summed E-state index contributed by atoms with van der Waals surface area (Å²) in [7, 11) is 1.66. The van der Waals surface area contributed by atoms with Crippen molar-refractivity contribution in [2.24, 2.45) is 5.92 Å². The first-order valence-electron chi connectivity index (χ1n) is 8.13. The van der Waals surface area contributed by atoms with E-state index in [-0.39, 0.29) is 19.0 Å². The number of carbonyl (C=O) groups excluding carboxylic acids is 2. The summed E-state index contributed by atoms with van der Waals surface area (Å²) in [5.41, 5.74) is -1.17. The first-order chi connectivity index (χ1) is 10.4. The van der Waals surface area contributed by atoms with Gasteiger partial charge in [-0.25, -0.2) is 0 Å². The summed E-state index contributed by atoms with van der Waals surface area (Å²) >= 11 is 0. The van der Waals surface area contributed by atoms with Crippen molar-refractivity contribution in [3.8, 4) is 0 Å². The molecule has 2 atom stereocenters. The Kier molecular flexibility index (Phi) is 8.77. The van der Waals surface area contributed by atoms with Gasteiger partial charge in [0.15, 0.2) is 0 Å². The van der Waals surface area contributed by atoms with Crippen LogP contribution in [0.2, 0.25) is 0 Å². The SMILES string of the molecule is CN[C@@H](CC(CCCO)C(=O)OC(C)(C)C)C(=O)OC(C)(C)C. The van der Waals surface area contributed by atoms with Crippen molar-refractivity contribution in [2.75, 3.05) is 13.7 Å². The summed E-state index contributed by atoms with van der Waals surface area (Å²) in [4.78, 5) is 24.6. The molecule has 0 amide bonds. The minimum Gasteiger partial charge on any atom is -0.460 e. The summed E-state index contributed by atoms with van der Waals surface area (Å²) in [6.45, 7) is 10.8. The number of hydrogen-bond acceptors (Lipinski definition) is 6. The number of likely N-dealkylation sites (N-methyl/N-ethyl adjacent to an activating group) is 1. The highest BCUT2D eigenvalue weighted by atomic mass is 16.6. The average Bonchev–Trinajstić information content (AvgIpc) is 2.34. The van der Waals surface area contributed by atoms with Crippen LogP contribution in [-0.2, 0) is 19.1 Å². The van der Waals surface area contributed by atoms with Gasteiger partial charge >= 0.3 is 11.9 Å². The first-order valence-corrected chi connectivity index (χ1v) is 8.13. The van der Waals surface area contributed by atoms with Crippen molar-refractivity contribution < 1.29 is 24.2 Å². The quantitative estimate of drug-likeness (QED) is 0.662. The molecule has 0 saturated carbocycles. The lowest BCUT2D eigenvalue weighted by Crippen LogP contribution is -2.42. The van der Waals surface area contributed by atoms with Gasteiger partial charge in [0.2, 0.25) is 0 Å². The van der Waals surface area contributed by atoms with Crippen LogP contribution in [-0.4, -0.2) is 47.9 Å². The lowest BCUT2D eigenvalue weighted by molar-refractivity contribution is -0.162. The van der Waals surface area contributed by atoms with Crippen LogP contribution in [0.1, 0.15) is 60.8 Å². The van der Waals surface area contributed by atoms with Crippen LogP contribution in [0.4, 0.5) is 0 Å². The Morgan fingerprint density at radius 1 is 1.00 bits per heavy atom. The molecule has 0 bridgehead atoms. The van der Waals surface area contributed by atoms with E-state index in [4.69, 9.17) is 14.6 Å². The molecule has 0 fully saturated rings. The predicted octanol–water partition coefficient (Wildman–Crippen LogP) is 2.04. The third-order valence-corrected chi connectivity index (χ3v) is 3.01. The number of nitrogens with one attached hydrogen (secondary N) is 1. The molecule has 0 aromatic rings. The van der Waals surface area contributed by atoms with Crippen molar-refractivity contribution in [3.05, 3.63) is 0 Å². The maximum Gasteiger partial charge on any atom is 0.323 e. The predicted molar refractivity (Wildman–Crippen MR) is 89.0 cm³/mol. The third kappa shape index (κ3) is 10.3. The second kappa shape index (κ2) is 9.23. The van der Waals surface area contributed by atoms with Gasteiger partial charge in [0.25, 0.3) is 0 Å². The normalized spacial score (nSPS) is 15.0. The maximum absolute atomic E-state index is 12.3. The van der Waals surface area contributed by atoms with Gasteiger partial charge in [-0.2, -0.15) is 0 Å². The molecule has 0 aliphatic rings. The van der Waals surface area contributed by atoms with Gasteiger partial charge in [-0.1, -0.05) is 0 Å². The molecule has 23 heavy (non-hydrogen) atoms. The van der Waals surface area contributed by atoms with Crippen molar-refractivity contribution >= 4 is 11.9 Å². The Balaban J connectivity index is 4.96. The van der Waals surface area contributed by atoms with E-state index in [2.05, 4.69) is 5.32 Å². The maximum atomic E-state index is 12.3. The summed E-state index contributed by atoms with van der Waals surface area (Å²) < 4.78 is 10.8. The number of ether oxygens (including phenoxy) is 2. The minimum atomic E-state index is -0.592. The van der Waals surface area contributed by atoms with E-state index < -0.39 is 29.1 Å². The lowest BCUT2D eigenvalue weighted by Gasteiger charge is -2.27. The molecule has 6 nitrogen and oxygen atoms in total. The Hall–Kier alpha value is -1.14. The fourth-order valence-corrected chi connectivity index (χ4v) is 2.04.